The van der Waals surface area contributed by atoms with Crippen LogP contribution in [0.2, 0.25) is 0 Å². The molecule has 2 rings (SSSR count). The van der Waals surface area contributed by atoms with E-state index in [1.807, 2.05) is 35.0 Å². The smallest absolute Gasteiger partial charge is 0.325 e. The van der Waals surface area contributed by atoms with Crippen LogP contribution in [0.1, 0.15) is 17.4 Å². The summed E-state index contributed by atoms with van der Waals surface area (Å²) in [7, 11) is 0. The average molecular weight is 283 g/mol. The van der Waals surface area contributed by atoms with Gasteiger partial charge in [0.25, 0.3) is 0 Å². The van der Waals surface area contributed by atoms with Crippen molar-refractivity contribution < 1.29 is 9.53 Å². The fourth-order valence-corrected chi connectivity index (χ4v) is 1.77. The van der Waals surface area contributed by atoms with Crippen molar-refractivity contribution >= 4 is 27.5 Å². The van der Waals surface area contributed by atoms with Crippen LogP contribution in [0.4, 0.5) is 0 Å². The second kappa shape index (κ2) is 4.65. The molecule has 1 atom stereocenters. The summed E-state index contributed by atoms with van der Waals surface area (Å²) in [6.07, 6.45) is 3.70. The van der Waals surface area contributed by atoms with E-state index in [4.69, 9.17) is 4.74 Å². The van der Waals surface area contributed by atoms with E-state index in [1.54, 1.807) is 6.92 Å². The van der Waals surface area contributed by atoms with E-state index in [0.717, 1.165) is 5.65 Å². The lowest BCUT2D eigenvalue weighted by molar-refractivity contribution is -0.142. The fourth-order valence-electron chi connectivity index (χ4n) is 1.41. The largest absolute Gasteiger partial charge is 0.465 e. The molecule has 0 amide bonds. The van der Waals surface area contributed by atoms with E-state index >= 15 is 0 Å². The third-order valence-corrected chi connectivity index (χ3v) is 2.98. The maximum Gasteiger partial charge on any atom is 0.325 e. The molecule has 0 saturated carbocycles. The number of alkyl halides is 1. The first kappa shape index (κ1) is 11.1. The predicted octanol–water partition coefficient (Wildman–Crippen LogP) is 2.33. The van der Waals surface area contributed by atoms with Crippen molar-refractivity contribution in [1.82, 2.24) is 9.38 Å². The minimum Gasteiger partial charge on any atom is -0.465 e. The molecular formula is C11H11BrN2O2. The summed E-state index contributed by atoms with van der Waals surface area (Å²) in [4.78, 5) is 15.3. The number of halogens is 1. The van der Waals surface area contributed by atoms with Crippen molar-refractivity contribution in [3.8, 4) is 0 Å². The molecule has 0 aromatic carbocycles. The van der Waals surface area contributed by atoms with Crippen molar-refractivity contribution in [3.63, 3.8) is 0 Å². The minimum atomic E-state index is -0.507. The average Bonchev–Trinajstić information content (AvgIpc) is 2.71. The van der Waals surface area contributed by atoms with E-state index in [2.05, 4.69) is 20.9 Å². The molecule has 16 heavy (non-hydrogen) atoms. The van der Waals surface area contributed by atoms with Gasteiger partial charge in [-0.25, -0.2) is 4.98 Å². The maximum absolute atomic E-state index is 11.5. The molecule has 0 aliphatic carbocycles. The number of fused-ring (bicyclic) bond motifs is 1. The highest BCUT2D eigenvalue weighted by Crippen LogP contribution is 2.23. The van der Waals surface area contributed by atoms with Crippen molar-refractivity contribution in [2.75, 3.05) is 6.61 Å². The van der Waals surface area contributed by atoms with Gasteiger partial charge in [-0.1, -0.05) is 22.0 Å². The van der Waals surface area contributed by atoms with Crippen LogP contribution >= 0.6 is 15.9 Å². The molecule has 2 heterocycles. The number of hydrogen-bond acceptors (Lipinski definition) is 3. The lowest BCUT2D eigenvalue weighted by Crippen LogP contribution is -2.10. The molecule has 1 unspecified atom stereocenters. The summed E-state index contributed by atoms with van der Waals surface area (Å²) in [5.74, 6) is -0.314. The van der Waals surface area contributed by atoms with Gasteiger partial charge in [0.15, 0.2) is 4.83 Å². The SMILES string of the molecule is CCOC(=O)C(Br)c1cn2ccccc2n1. The Kier molecular flexibility index (Phi) is 3.24. The topological polar surface area (TPSA) is 43.6 Å². The minimum absolute atomic E-state index is 0.314. The highest BCUT2D eigenvalue weighted by Gasteiger charge is 2.21. The molecule has 2 aromatic heterocycles. The van der Waals surface area contributed by atoms with Gasteiger partial charge in [0.05, 0.1) is 12.3 Å². The summed E-state index contributed by atoms with van der Waals surface area (Å²) < 4.78 is 6.78. The zero-order chi connectivity index (χ0) is 11.5. The normalized spacial score (nSPS) is 12.6. The Morgan fingerprint density at radius 3 is 3.12 bits per heavy atom. The number of ether oxygens (including phenoxy) is 1. The molecule has 0 aliphatic rings. The number of carbonyl (C=O) groups is 1. The Bertz CT molecular complexity index is 476. The second-order valence-electron chi connectivity index (χ2n) is 3.25. The molecule has 0 N–H and O–H groups in total. The van der Waals surface area contributed by atoms with Crippen LogP contribution in [0.3, 0.4) is 0 Å². The zero-order valence-corrected chi connectivity index (χ0v) is 10.3. The number of carbonyl (C=O) groups excluding carboxylic acids is 1. The van der Waals surface area contributed by atoms with E-state index in [9.17, 15) is 4.79 Å². The number of hydrogen-bond donors (Lipinski definition) is 0. The summed E-state index contributed by atoms with van der Waals surface area (Å²) in [6, 6.07) is 5.69. The standard InChI is InChI=1S/C11H11BrN2O2/c1-2-16-11(15)10(12)8-7-14-6-4-3-5-9(14)13-8/h3-7,10H,2H2,1H3. The van der Waals surface area contributed by atoms with Crippen LogP contribution in [0.15, 0.2) is 30.6 Å². The molecule has 0 aliphatic heterocycles. The Hall–Kier alpha value is -1.36. The summed E-state index contributed by atoms with van der Waals surface area (Å²) in [5, 5.41) is 0. The predicted molar refractivity (Wildman–Crippen MR) is 63.5 cm³/mol. The van der Waals surface area contributed by atoms with Crippen LogP contribution in [0, 0.1) is 0 Å². The highest BCUT2D eigenvalue weighted by atomic mass is 79.9. The first-order chi connectivity index (χ1) is 7.72. The van der Waals surface area contributed by atoms with Gasteiger partial charge in [-0.3, -0.25) is 4.79 Å². The summed E-state index contributed by atoms with van der Waals surface area (Å²) >= 11 is 3.28. The lowest BCUT2D eigenvalue weighted by Gasteiger charge is -2.04. The van der Waals surface area contributed by atoms with Crippen LogP contribution in [0.5, 0.6) is 0 Å². The number of nitrogens with zero attached hydrogens (tertiary/aromatic N) is 2. The van der Waals surface area contributed by atoms with Crippen LogP contribution in [0.25, 0.3) is 5.65 Å². The van der Waals surface area contributed by atoms with E-state index in [0.29, 0.717) is 12.3 Å². The monoisotopic (exact) mass is 282 g/mol. The van der Waals surface area contributed by atoms with Gasteiger partial charge in [-0.05, 0) is 19.1 Å². The summed E-state index contributed by atoms with van der Waals surface area (Å²) in [6.45, 7) is 2.15. The lowest BCUT2D eigenvalue weighted by atomic mass is 10.3. The van der Waals surface area contributed by atoms with Crippen molar-refractivity contribution in [1.29, 1.82) is 0 Å². The quantitative estimate of drug-likeness (QED) is 0.641. The number of pyridine rings is 1. The van der Waals surface area contributed by atoms with Gasteiger partial charge < -0.3 is 9.14 Å². The van der Waals surface area contributed by atoms with Crippen LogP contribution < -0.4 is 0 Å². The Labute approximate surface area is 101 Å². The second-order valence-corrected chi connectivity index (χ2v) is 4.16. The van der Waals surface area contributed by atoms with Gasteiger partial charge in [0, 0.05) is 12.4 Å². The number of rotatable bonds is 3. The molecule has 2 aromatic rings. The van der Waals surface area contributed by atoms with Gasteiger partial charge >= 0.3 is 5.97 Å². The Morgan fingerprint density at radius 1 is 1.62 bits per heavy atom. The number of imidazole rings is 1. The highest BCUT2D eigenvalue weighted by molar-refractivity contribution is 9.09. The molecule has 0 spiro atoms. The van der Waals surface area contributed by atoms with Gasteiger partial charge in [-0.15, -0.1) is 0 Å². The molecule has 4 nitrogen and oxygen atoms in total. The number of esters is 1. The third-order valence-electron chi connectivity index (χ3n) is 2.14. The van der Waals surface area contributed by atoms with Gasteiger partial charge in [-0.2, -0.15) is 0 Å². The summed E-state index contributed by atoms with van der Waals surface area (Å²) in [5.41, 5.74) is 1.47. The van der Waals surface area contributed by atoms with Crippen molar-refractivity contribution in [2.45, 2.75) is 11.8 Å². The van der Waals surface area contributed by atoms with E-state index in [-0.39, 0.29) is 5.97 Å². The molecule has 0 radical (unpaired) electrons. The molecule has 0 fully saturated rings. The van der Waals surface area contributed by atoms with Gasteiger partial charge in [0.2, 0.25) is 0 Å². The van der Waals surface area contributed by atoms with E-state index < -0.39 is 4.83 Å². The zero-order valence-electron chi connectivity index (χ0n) is 8.76. The van der Waals surface area contributed by atoms with Gasteiger partial charge in [0.1, 0.15) is 5.65 Å². The van der Waals surface area contributed by atoms with Crippen molar-refractivity contribution in [2.24, 2.45) is 0 Å². The maximum atomic E-state index is 11.5. The Balaban J connectivity index is 2.29. The molecule has 5 heteroatoms. The molecular weight excluding hydrogens is 272 g/mol. The molecule has 0 saturated heterocycles. The first-order valence-electron chi connectivity index (χ1n) is 4.96. The number of aromatic nitrogens is 2. The van der Waals surface area contributed by atoms with Crippen molar-refractivity contribution in [3.05, 3.63) is 36.3 Å². The fraction of sp³-hybridized carbons (Fsp3) is 0.273. The van der Waals surface area contributed by atoms with Crippen LogP contribution in [-0.4, -0.2) is 22.0 Å². The third kappa shape index (κ3) is 2.09. The molecule has 84 valence electrons. The first-order valence-corrected chi connectivity index (χ1v) is 5.88. The van der Waals surface area contributed by atoms with Crippen LogP contribution in [-0.2, 0) is 9.53 Å². The molecule has 0 bridgehead atoms. The Morgan fingerprint density at radius 2 is 2.44 bits per heavy atom. The van der Waals surface area contributed by atoms with E-state index in [1.165, 1.54) is 0 Å².